The zero-order valence-corrected chi connectivity index (χ0v) is 11.4. The van der Waals surface area contributed by atoms with Crippen molar-refractivity contribution < 1.29 is 4.74 Å². The van der Waals surface area contributed by atoms with Gasteiger partial charge in [0.1, 0.15) is 0 Å². The average molecular weight is 225 g/mol. The molecule has 0 aromatic heterocycles. The number of nitrogens with zero attached hydrogens (tertiary/aromatic N) is 1. The van der Waals surface area contributed by atoms with Gasteiger partial charge in [-0.1, -0.05) is 27.7 Å². The Kier molecular flexibility index (Phi) is 3.33. The van der Waals surface area contributed by atoms with Crippen LogP contribution in [-0.4, -0.2) is 37.7 Å². The number of ether oxygens (including phenoxy) is 1. The van der Waals surface area contributed by atoms with Crippen LogP contribution in [0.4, 0.5) is 0 Å². The second kappa shape index (κ2) is 4.30. The molecule has 0 radical (unpaired) electrons. The highest BCUT2D eigenvalue weighted by molar-refractivity contribution is 5.05. The van der Waals surface area contributed by atoms with E-state index in [1.54, 1.807) is 0 Å². The van der Waals surface area contributed by atoms with Gasteiger partial charge >= 0.3 is 0 Å². The maximum atomic E-state index is 5.44. The number of morpholine rings is 1. The van der Waals surface area contributed by atoms with Crippen LogP contribution in [0, 0.1) is 16.7 Å². The topological polar surface area (TPSA) is 12.5 Å². The lowest BCUT2D eigenvalue weighted by Gasteiger charge is -2.61. The summed E-state index contributed by atoms with van der Waals surface area (Å²) in [5.41, 5.74) is 1.07. The Morgan fingerprint density at radius 1 is 1.12 bits per heavy atom. The molecule has 1 aliphatic heterocycles. The van der Waals surface area contributed by atoms with E-state index in [-0.39, 0.29) is 0 Å². The number of rotatable bonds is 3. The van der Waals surface area contributed by atoms with Crippen molar-refractivity contribution in [3.05, 3.63) is 0 Å². The highest BCUT2D eigenvalue weighted by atomic mass is 16.5. The molecule has 1 aliphatic carbocycles. The third-order valence-electron chi connectivity index (χ3n) is 5.26. The zero-order valence-electron chi connectivity index (χ0n) is 11.4. The third-order valence-corrected chi connectivity index (χ3v) is 5.26. The Bertz CT molecular complexity index is 243. The summed E-state index contributed by atoms with van der Waals surface area (Å²) in [7, 11) is 0. The molecule has 1 atom stereocenters. The smallest absolute Gasteiger partial charge is 0.0594 e. The third kappa shape index (κ3) is 1.91. The van der Waals surface area contributed by atoms with E-state index in [1.165, 1.54) is 19.4 Å². The molecule has 0 aromatic carbocycles. The molecule has 1 saturated heterocycles. The van der Waals surface area contributed by atoms with Crippen LogP contribution < -0.4 is 0 Å². The molecule has 0 spiro atoms. The zero-order chi connectivity index (χ0) is 11.8. The highest BCUT2D eigenvalue weighted by Crippen LogP contribution is 2.60. The Balaban J connectivity index is 2.03. The SMILES string of the molecule is CC(C)C1(CN2CCOCC2)CCC1(C)C. The Morgan fingerprint density at radius 3 is 2.12 bits per heavy atom. The van der Waals surface area contributed by atoms with Crippen molar-refractivity contribution in [2.45, 2.75) is 40.5 Å². The van der Waals surface area contributed by atoms with E-state index in [1.807, 2.05) is 0 Å². The normalized spacial score (nSPS) is 35.1. The number of hydrogen-bond acceptors (Lipinski definition) is 2. The summed E-state index contributed by atoms with van der Waals surface area (Å²) in [6.45, 7) is 15.1. The first-order valence-corrected chi connectivity index (χ1v) is 6.78. The van der Waals surface area contributed by atoms with Gasteiger partial charge in [0.25, 0.3) is 0 Å². The first kappa shape index (κ1) is 12.4. The van der Waals surface area contributed by atoms with Crippen molar-refractivity contribution in [3.8, 4) is 0 Å². The minimum absolute atomic E-state index is 0.527. The first-order valence-electron chi connectivity index (χ1n) is 6.78. The minimum Gasteiger partial charge on any atom is -0.379 e. The van der Waals surface area contributed by atoms with Crippen molar-refractivity contribution in [1.82, 2.24) is 4.90 Å². The minimum atomic E-state index is 0.527. The molecule has 94 valence electrons. The Labute approximate surface area is 100 Å². The lowest BCUT2D eigenvalue weighted by molar-refractivity contribution is -0.121. The lowest BCUT2D eigenvalue weighted by atomic mass is 9.46. The summed E-state index contributed by atoms with van der Waals surface area (Å²) in [6, 6.07) is 0. The summed E-state index contributed by atoms with van der Waals surface area (Å²) in [6.07, 6.45) is 2.81. The molecule has 0 N–H and O–H groups in total. The maximum absolute atomic E-state index is 5.44. The molecule has 16 heavy (non-hydrogen) atoms. The molecule has 1 heterocycles. The van der Waals surface area contributed by atoms with Crippen LogP contribution >= 0.6 is 0 Å². The summed E-state index contributed by atoms with van der Waals surface area (Å²) < 4.78 is 5.44. The Hall–Kier alpha value is -0.0800. The van der Waals surface area contributed by atoms with Gasteiger partial charge in [-0.3, -0.25) is 4.90 Å². The van der Waals surface area contributed by atoms with Crippen LogP contribution in [-0.2, 0) is 4.74 Å². The standard InChI is InChI=1S/C14H27NO/c1-12(2)14(6-5-13(14,3)4)11-15-7-9-16-10-8-15/h12H,5-11H2,1-4H3. The van der Waals surface area contributed by atoms with Crippen LogP contribution in [0.15, 0.2) is 0 Å². The molecule has 1 saturated carbocycles. The molecule has 1 unspecified atom stereocenters. The van der Waals surface area contributed by atoms with Crippen molar-refractivity contribution in [2.24, 2.45) is 16.7 Å². The second-order valence-electron chi connectivity index (χ2n) is 6.58. The quantitative estimate of drug-likeness (QED) is 0.732. The fourth-order valence-electron chi connectivity index (χ4n) is 3.65. The molecule has 2 fully saturated rings. The fourth-order valence-corrected chi connectivity index (χ4v) is 3.65. The lowest BCUT2D eigenvalue weighted by Crippen LogP contribution is -2.58. The summed E-state index contributed by atoms with van der Waals surface area (Å²) in [4.78, 5) is 2.62. The molecular formula is C14H27NO. The van der Waals surface area contributed by atoms with Gasteiger partial charge in [0.2, 0.25) is 0 Å². The molecule has 0 amide bonds. The van der Waals surface area contributed by atoms with Gasteiger partial charge in [0.05, 0.1) is 13.2 Å². The van der Waals surface area contributed by atoms with Gasteiger partial charge in [0.15, 0.2) is 0 Å². The van der Waals surface area contributed by atoms with Crippen LogP contribution in [0.5, 0.6) is 0 Å². The summed E-state index contributed by atoms with van der Waals surface area (Å²) in [5.74, 6) is 0.791. The van der Waals surface area contributed by atoms with Gasteiger partial charge in [-0.2, -0.15) is 0 Å². The van der Waals surface area contributed by atoms with Gasteiger partial charge in [-0.25, -0.2) is 0 Å². The van der Waals surface area contributed by atoms with E-state index in [4.69, 9.17) is 4.74 Å². The average Bonchev–Trinajstić information content (AvgIpc) is 2.25. The van der Waals surface area contributed by atoms with Gasteiger partial charge in [0, 0.05) is 19.6 Å². The van der Waals surface area contributed by atoms with Crippen LogP contribution in [0.3, 0.4) is 0 Å². The van der Waals surface area contributed by atoms with E-state index in [0.717, 1.165) is 32.2 Å². The van der Waals surface area contributed by atoms with Gasteiger partial charge in [-0.15, -0.1) is 0 Å². The largest absolute Gasteiger partial charge is 0.379 e. The van der Waals surface area contributed by atoms with Gasteiger partial charge in [-0.05, 0) is 29.6 Å². The predicted molar refractivity (Wildman–Crippen MR) is 67.5 cm³/mol. The molecule has 2 rings (SSSR count). The van der Waals surface area contributed by atoms with E-state index >= 15 is 0 Å². The fraction of sp³-hybridized carbons (Fsp3) is 1.00. The summed E-state index contributed by atoms with van der Waals surface area (Å²) >= 11 is 0. The highest BCUT2D eigenvalue weighted by Gasteiger charge is 2.54. The summed E-state index contributed by atoms with van der Waals surface area (Å²) in [5, 5.41) is 0. The van der Waals surface area contributed by atoms with E-state index in [9.17, 15) is 0 Å². The molecular weight excluding hydrogens is 198 g/mol. The molecule has 2 heteroatoms. The molecule has 2 nitrogen and oxygen atoms in total. The van der Waals surface area contributed by atoms with Crippen molar-refractivity contribution >= 4 is 0 Å². The Morgan fingerprint density at radius 2 is 1.75 bits per heavy atom. The van der Waals surface area contributed by atoms with Gasteiger partial charge < -0.3 is 4.74 Å². The van der Waals surface area contributed by atoms with Crippen molar-refractivity contribution in [3.63, 3.8) is 0 Å². The monoisotopic (exact) mass is 225 g/mol. The molecule has 2 aliphatic rings. The van der Waals surface area contributed by atoms with Crippen molar-refractivity contribution in [1.29, 1.82) is 0 Å². The predicted octanol–water partition coefficient (Wildman–Crippen LogP) is 2.78. The van der Waals surface area contributed by atoms with Crippen molar-refractivity contribution in [2.75, 3.05) is 32.8 Å². The number of hydrogen-bond donors (Lipinski definition) is 0. The maximum Gasteiger partial charge on any atom is 0.0594 e. The van der Waals surface area contributed by atoms with Crippen LogP contribution in [0.2, 0.25) is 0 Å². The first-order chi connectivity index (χ1) is 7.48. The van der Waals surface area contributed by atoms with E-state index in [2.05, 4.69) is 32.6 Å². The van der Waals surface area contributed by atoms with Crippen LogP contribution in [0.25, 0.3) is 0 Å². The van der Waals surface area contributed by atoms with Crippen LogP contribution in [0.1, 0.15) is 40.5 Å². The van der Waals surface area contributed by atoms with E-state index in [0.29, 0.717) is 10.8 Å². The molecule has 0 aromatic rings. The van der Waals surface area contributed by atoms with E-state index < -0.39 is 0 Å². The molecule has 0 bridgehead atoms. The second-order valence-corrected chi connectivity index (χ2v) is 6.58.